The summed E-state index contributed by atoms with van der Waals surface area (Å²) in [6.45, 7) is -0.136. The average Bonchev–Trinajstić information content (AvgIpc) is 3.55. The summed E-state index contributed by atoms with van der Waals surface area (Å²) in [7, 11) is 0. The molecule has 192 valence electrons. The van der Waals surface area contributed by atoms with Crippen LogP contribution in [-0.4, -0.2) is 61.8 Å². The fourth-order valence-electron chi connectivity index (χ4n) is 4.01. The number of aromatic nitrogens is 3. The van der Waals surface area contributed by atoms with Gasteiger partial charge in [0.15, 0.2) is 11.6 Å². The third-order valence-corrected chi connectivity index (χ3v) is 5.90. The summed E-state index contributed by atoms with van der Waals surface area (Å²) in [6, 6.07) is 18.2. The maximum absolute atomic E-state index is 13.4. The first-order valence-electron chi connectivity index (χ1n) is 11.7. The molecule has 2 aromatic heterocycles. The fraction of sp³-hybridized carbons (Fsp3) is 0.192. The average molecular weight is 515 g/mol. The van der Waals surface area contributed by atoms with Crippen molar-refractivity contribution in [2.45, 2.75) is 25.4 Å². The van der Waals surface area contributed by atoms with E-state index in [1.807, 2.05) is 36.4 Å². The van der Waals surface area contributed by atoms with Gasteiger partial charge in [0.05, 0.1) is 0 Å². The monoisotopic (exact) mass is 515 g/mol. The van der Waals surface area contributed by atoms with E-state index in [1.165, 1.54) is 0 Å². The number of benzene rings is 2. The summed E-state index contributed by atoms with van der Waals surface area (Å²) in [5.41, 5.74) is 2.94. The van der Waals surface area contributed by atoms with Crippen molar-refractivity contribution in [3.63, 3.8) is 0 Å². The van der Waals surface area contributed by atoms with E-state index in [-0.39, 0.29) is 31.5 Å². The zero-order chi connectivity index (χ0) is 26.6. The van der Waals surface area contributed by atoms with Crippen molar-refractivity contribution in [2.75, 3.05) is 6.54 Å². The lowest BCUT2D eigenvalue weighted by Gasteiger charge is -2.16. The predicted octanol–water partition coefficient (Wildman–Crippen LogP) is 2.04. The Bertz CT molecular complexity index is 1510. The maximum atomic E-state index is 13.4. The number of imide groups is 1. The van der Waals surface area contributed by atoms with Crippen LogP contribution in [-0.2, 0) is 19.2 Å². The summed E-state index contributed by atoms with van der Waals surface area (Å²) in [6.07, 6.45) is -2.04. The number of hydrogen-bond donors (Lipinski definition) is 2. The summed E-state index contributed by atoms with van der Waals surface area (Å²) in [5.74, 6) is -3.07. The standard InChI is InChI=1S/C26H21N5O7/c32-17(26(36)37-31-18(33)11-12-19(31)34)13-14-27-25(35)23-20(15-7-3-1-4-8-15)22-24(30-38-29-22)21(28-23)16-9-5-2-6-10-16/h1-10,17,32H,11-14H2,(H,27,35)/t17-/m0/s1. The minimum Gasteiger partial charge on any atom is -0.381 e. The van der Waals surface area contributed by atoms with E-state index in [0.29, 0.717) is 38.5 Å². The van der Waals surface area contributed by atoms with E-state index < -0.39 is 29.8 Å². The maximum Gasteiger partial charge on any atom is 0.361 e. The van der Waals surface area contributed by atoms with E-state index in [2.05, 4.69) is 20.6 Å². The van der Waals surface area contributed by atoms with Crippen molar-refractivity contribution < 1.29 is 33.8 Å². The van der Waals surface area contributed by atoms with E-state index in [4.69, 9.17) is 9.47 Å². The first-order valence-corrected chi connectivity index (χ1v) is 11.7. The summed E-state index contributed by atoms with van der Waals surface area (Å²) in [4.78, 5) is 58.1. The molecule has 0 radical (unpaired) electrons. The number of carbonyl (C=O) groups is 4. The molecule has 2 aromatic carbocycles. The Balaban J connectivity index is 1.39. The van der Waals surface area contributed by atoms with Gasteiger partial charge in [-0.25, -0.2) is 14.4 Å². The fourth-order valence-corrected chi connectivity index (χ4v) is 4.01. The van der Waals surface area contributed by atoms with Gasteiger partial charge in [0.25, 0.3) is 17.7 Å². The third kappa shape index (κ3) is 4.84. The van der Waals surface area contributed by atoms with Gasteiger partial charge in [0.2, 0.25) is 0 Å². The quantitative estimate of drug-likeness (QED) is 0.332. The van der Waals surface area contributed by atoms with Gasteiger partial charge in [-0.15, -0.1) is 5.06 Å². The van der Waals surface area contributed by atoms with Crippen LogP contribution in [0.3, 0.4) is 0 Å². The van der Waals surface area contributed by atoms with Gasteiger partial charge in [-0.3, -0.25) is 14.4 Å². The predicted molar refractivity (Wildman–Crippen MR) is 131 cm³/mol. The number of aliphatic hydroxyl groups excluding tert-OH is 1. The van der Waals surface area contributed by atoms with Gasteiger partial charge in [-0.2, -0.15) is 0 Å². The number of pyridine rings is 1. The van der Waals surface area contributed by atoms with Crippen molar-refractivity contribution in [2.24, 2.45) is 0 Å². The van der Waals surface area contributed by atoms with Crippen molar-refractivity contribution in [3.05, 3.63) is 66.4 Å². The number of rotatable bonds is 8. The van der Waals surface area contributed by atoms with Crippen molar-refractivity contribution >= 4 is 34.7 Å². The Labute approximate surface area is 215 Å². The number of amides is 3. The molecule has 0 unspecified atom stereocenters. The molecule has 38 heavy (non-hydrogen) atoms. The van der Waals surface area contributed by atoms with Gasteiger partial charge < -0.3 is 15.3 Å². The topological polar surface area (TPSA) is 165 Å². The Morgan fingerprint density at radius 2 is 1.55 bits per heavy atom. The van der Waals surface area contributed by atoms with Gasteiger partial charge in [0, 0.05) is 36.9 Å². The van der Waals surface area contributed by atoms with Gasteiger partial charge in [-0.1, -0.05) is 60.7 Å². The number of nitrogens with zero attached hydrogens (tertiary/aromatic N) is 4. The number of hydroxylamine groups is 2. The van der Waals surface area contributed by atoms with E-state index in [1.54, 1.807) is 24.3 Å². The second-order valence-corrected chi connectivity index (χ2v) is 8.43. The molecular formula is C26H21N5O7. The third-order valence-electron chi connectivity index (χ3n) is 5.90. The largest absolute Gasteiger partial charge is 0.381 e. The minimum atomic E-state index is -1.68. The Morgan fingerprint density at radius 1 is 0.947 bits per heavy atom. The SMILES string of the molecule is O=C(NCC[C@H](O)C(=O)ON1C(=O)CCC1=O)c1nc(-c2ccccc2)c2nonc2c1-c1ccccc1. The molecule has 0 aliphatic carbocycles. The first kappa shape index (κ1) is 24.7. The minimum absolute atomic E-state index is 0.0450. The van der Waals surface area contributed by atoms with E-state index >= 15 is 0 Å². The molecule has 12 nitrogen and oxygen atoms in total. The van der Waals surface area contributed by atoms with Crippen LogP contribution >= 0.6 is 0 Å². The Hall–Kier alpha value is -4.97. The van der Waals surface area contributed by atoms with Crippen LogP contribution in [0.5, 0.6) is 0 Å². The molecule has 1 aliphatic rings. The molecule has 5 rings (SSSR count). The van der Waals surface area contributed by atoms with E-state index in [9.17, 15) is 24.3 Å². The van der Waals surface area contributed by atoms with E-state index in [0.717, 1.165) is 0 Å². The molecule has 0 bridgehead atoms. The van der Waals surface area contributed by atoms with Crippen LogP contribution in [0, 0.1) is 0 Å². The van der Waals surface area contributed by atoms with Crippen molar-refractivity contribution in [3.8, 4) is 22.4 Å². The first-order chi connectivity index (χ1) is 18.4. The highest BCUT2D eigenvalue weighted by Gasteiger charge is 2.34. The molecule has 1 saturated heterocycles. The summed E-state index contributed by atoms with van der Waals surface area (Å²) in [5, 5.41) is 21.2. The highest BCUT2D eigenvalue weighted by molar-refractivity contribution is 6.09. The molecule has 3 amide bonds. The molecule has 12 heteroatoms. The van der Waals surface area contributed by atoms with Gasteiger partial charge in [-0.05, 0) is 15.9 Å². The zero-order valence-corrected chi connectivity index (χ0v) is 19.9. The number of nitrogens with one attached hydrogen (secondary N) is 1. The lowest BCUT2D eigenvalue weighted by molar-refractivity contribution is -0.203. The van der Waals surface area contributed by atoms with Crippen molar-refractivity contribution in [1.82, 2.24) is 25.7 Å². The highest BCUT2D eigenvalue weighted by Crippen LogP contribution is 2.34. The lowest BCUT2D eigenvalue weighted by atomic mass is 9.99. The van der Waals surface area contributed by atoms with Crippen LogP contribution in [0.25, 0.3) is 33.4 Å². The molecule has 4 aromatic rings. The smallest absolute Gasteiger partial charge is 0.361 e. The molecule has 0 spiro atoms. The molecule has 1 aliphatic heterocycles. The summed E-state index contributed by atoms with van der Waals surface area (Å²) < 4.78 is 5.02. The molecular weight excluding hydrogens is 494 g/mol. The van der Waals surface area contributed by atoms with Gasteiger partial charge in [0.1, 0.15) is 16.9 Å². The molecule has 1 fully saturated rings. The Morgan fingerprint density at radius 3 is 2.21 bits per heavy atom. The second-order valence-electron chi connectivity index (χ2n) is 8.43. The van der Waals surface area contributed by atoms with Crippen LogP contribution in [0.15, 0.2) is 65.3 Å². The second kappa shape index (κ2) is 10.6. The van der Waals surface area contributed by atoms with Crippen LogP contribution in [0.2, 0.25) is 0 Å². The highest BCUT2D eigenvalue weighted by atomic mass is 16.7. The number of fused-ring (bicyclic) bond motifs is 1. The zero-order valence-electron chi connectivity index (χ0n) is 19.9. The Kier molecular flexibility index (Phi) is 6.87. The lowest BCUT2D eigenvalue weighted by Crippen LogP contribution is -2.38. The number of hydrogen-bond acceptors (Lipinski definition) is 10. The number of carbonyl (C=O) groups excluding carboxylic acids is 4. The molecule has 1 atom stereocenters. The molecule has 3 heterocycles. The van der Waals surface area contributed by atoms with Crippen LogP contribution < -0.4 is 5.32 Å². The molecule has 0 saturated carbocycles. The number of aliphatic hydroxyl groups is 1. The molecule has 2 N–H and O–H groups in total. The normalized spacial score (nSPS) is 14.1. The van der Waals surface area contributed by atoms with Crippen LogP contribution in [0.4, 0.5) is 0 Å². The summed E-state index contributed by atoms with van der Waals surface area (Å²) >= 11 is 0. The van der Waals surface area contributed by atoms with Gasteiger partial charge >= 0.3 is 5.97 Å². The van der Waals surface area contributed by atoms with Crippen LogP contribution in [0.1, 0.15) is 29.8 Å². The van der Waals surface area contributed by atoms with Crippen molar-refractivity contribution in [1.29, 1.82) is 0 Å².